The van der Waals surface area contributed by atoms with Gasteiger partial charge in [-0.1, -0.05) is 62.0 Å². The van der Waals surface area contributed by atoms with E-state index in [1.54, 1.807) is 6.08 Å². The van der Waals surface area contributed by atoms with Crippen LogP contribution in [-0.4, -0.2) is 58.2 Å². The molecule has 0 fully saturated rings. The normalized spacial score (nSPS) is 3.76. The van der Waals surface area contributed by atoms with Crippen LogP contribution in [0.2, 0.25) is 0 Å². The third-order valence-corrected chi connectivity index (χ3v) is 0. The van der Waals surface area contributed by atoms with Crippen LogP contribution in [0, 0.1) is 20.8 Å². The smallest absolute Gasteiger partial charge is 0.344 e. The van der Waals surface area contributed by atoms with Gasteiger partial charge >= 0.3 is 175 Å². The van der Waals surface area contributed by atoms with Crippen molar-refractivity contribution in [3.63, 3.8) is 0 Å². The minimum Gasteiger partial charge on any atom is -0.344 e. The van der Waals surface area contributed by atoms with Crippen LogP contribution in [0.5, 0.6) is 0 Å². The molecule has 0 nitrogen and oxygen atoms in total. The summed E-state index contributed by atoms with van der Waals surface area (Å²) in [6, 6.07) is 0. The van der Waals surface area contributed by atoms with Crippen LogP contribution in [0.15, 0.2) is 12.7 Å². The van der Waals surface area contributed by atoms with Gasteiger partial charge in [0.15, 0.2) is 0 Å². The molecule has 115 valence electrons. The molecule has 0 N–H and O–H groups in total. The predicted molar refractivity (Wildman–Crippen MR) is 98.0 cm³/mol. The maximum Gasteiger partial charge on any atom is 1.00 e. The van der Waals surface area contributed by atoms with Gasteiger partial charge in [0.1, 0.15) is 0 Å². The van der Waals surface area contributed by atoms with E-state index < -0.39 is 0 Å². The van der Waals surface area contributed by atoms with Crippen LogP contribution >= 0.6 is 0 Å². The molecular formula is C17H43Rb4. The molecule has 1 radical (unpaired) electrons. The third-order valence-electron chi connectivity index (χ3n) is 0. The minimum atomic E-state index is 0. The topological polar surface area (TPSA) is 0 Å². The van der Waals surface area contributed by atoms with E-state index in [1.165, 1.54) is 0 Å². The molecule has 0 heterocycles. The van der Waals surface area contributed by atoms with Crippen molar-refractivity contribution in [3.8, 4) is 0 Å². The first-order valence-electron chi connectivity index (χ1n) is 6.61. The molecule has 0 aliphatic rings. The summed E-state index contributed by atoms with van der Waals surface area (Å²) in [5.74, 6) is 0. The zero-order valence-electron chi connectivity index (χ0n) is 17.5. The molecule has 0 spiro atoms. The van der Waals surface area contributed by atoms with Gasteiger partial charge in [-0.2, -0.15) is 19.3 Å². The first-order valence-corrected chi connectivity index (χ1v) is 6.61. The number of allylic oxidation sites excluding steroid dienone is 1. The zero-order valence-corrected chi connectivity index (χ0v) is 37.2. The zero-order chi connectivity index (χ0) is 14.8. The van der Waals surface area contributed by atoms with E-state index >= 15 is 0 Å². The second kappa shape index (κ2) is 151. The average molecular weight is 589 g/mol. The summed E-state index contributed by atoms with van der Waals surface area (Å²) >= 11 is 0. The Balaban J connectivity index is -0.00000000611. The monoisotopic (exact) mass is 587 g/mol. The Bertz CT molecular complexity index is 39.0. The van der Waals surface area contributed by atoms with Crippen molar-refractivity contribution in [2.75, 3.05) is 0 Å². The number of hydrogen-bond acceptors (Lipinski definition) is 0. The summed E-state index contributed by atoms with van der Waals surface area (Å²) in [7, 11) is 0. The van der Waals surface area contributed by atoms with Gasteiger partial charge in [0.25, 0.3) is 0 Å². The molecule has 0 rings (SSSR count). The molecule has 0 amide bonds. The van der Waals surface area contributed by atoms with E-state index in [0.717, 1.165) is 19.3 Å². The van der Waals surface area contributed by atoms with Crippen LogP contribution < -0.4 is 175 Å². The quantitative estimate of drug-likeness (QED) is 0.232. The first-order chi connectivity index (χ1) is 7.66. The first kappa shape index (κ1) is 70.7. The molecule has 0 aromatic rings. The van der Waals surface area contributed by atoms with E-state index in [-0.39, 0.29) is 240 Å². The van der Waals surface area contributed by atoms with E-state index in [9.17, 15) is 0 Å². The fourth-order valence-corrected chi connectivity index (χ4v) is 0. The van der Waals surface area contributed by atoms with Crippen LogP contribution in [0.1, 0.15) is 82.1 Å². The number of hydrogen-bond donors (Lipinski definition) is 0. The van der Waals surface area contributed by atoms with Crippen molar-refractivity contribution in [1.29, 1.82) is 0 Å². The summed E-state index contributed by atoms with van der Waals surface area (Å²) in [6.45, 7) is 29.8. The molecular weight excluding hydrogens is 546 g/mol. The van der Waals surface area contributed by atoms with Gasteiger partial charge < -0.3 is 20.8 Å². The molecule has 4 heteroatoms. The van der Waals surface area contributed by atoms with Crippen LogP contribution in [-0.2, 0) is 0 Å². The van der Waals surface area contributed by atoms with Crippen molar-refractivity contribution in [2.24, 2.45) is 0 Å². The molecule has 0 aliphatic heterocycles. The maximum atomic E-state index is 3.49. The second-order valence-corrected chi connectivity index (χ2v) is 1.91. The van der Waals surface area contributed by atoms with Gasteiger partial charge in [0.2, 0.25) is 0 Å². The minimum absolute atomic E-state index is 0. The number of rotatable bonds is 0. The molecule has 0 atom stereocenters. The van der Waals surface area contributed by atoms with Crippen molar-refractivity contribution >= 4 is 58.2 Å². The van der Waals surface area contributed by atoms with Crippen molar-refractivity contribution in [3.05, 3.63) is 33.4 Å². The largest absolute Gasteiger partial charge is 1.00 e. The second-order valence-electron chi connectivity index (χ2n) is 1.91. The summed E-state index contributed by atoms with van der Waals surface area (Å²) in [6.07, 6.45) is 4.75. The Morgan fingerprint density at radius 1 is 0.714 bits per heavy atom. The average Bonchev–Trinajstić information content (AvgIpc) is 2.27. The van der Waals surface area contributed by atoms with Crippen molar-refractivity contribution in [1.82, 2.24) is 0 Å². The molecule has 0 aromatic carbocycles. The Kier molecular flexibility index (Phi) is 509. The van der Waals surface area contributed by atoms with Crippen LogP contribution in [0.4, 0.5) is 0 Å². The summed E-state index contributed by atoms with van der Waals surface area (Å²) < 4.78 is 0. The van der Waals surface area contributed by atoms with E-state index in [0.29, 0.717) is 0 Å². The summed E-state index contributed by atoms with van der Waals surface area (Å²) in [5, 5.41) is 0. The van der Waals surface area contributed by atoms with E-state index in [2.05, 4.69) is 27.4 Å². The standard InChI is InChI=1S/3C3H7.C3H6.2C2H6.CH4.4Rb/c4*1-3-2;2*1-2;;;;;/h3*1,3H2,2H3;3H,1H2,2H3;2*1-2H3;1H4;;;;/q3*-1;;;;;;3*+1. The summed E-state index contributed by atoms with van der Waals surface area (Å²) in [5.41, 5.74) is 0. The van der Waals surface area contributed by atoms with Crippen molar-refractivity contribution < 1.29 is 175 Å². The molecule has 0 unspecified atom stereocenters. The van der Waals surface area contributed by atoms with Gasteiger partial charge in [-0.25, -0.2) is 0 Å². The molecule has 0 aliphatic carbocycles. The van der Waals surface area contributed by atoms with Crippen LogP contribution in [0.3, 0.4) is 0 Å². The molecule has 0 saturated carbocycles. The van der Waals surface area contributed by atoms with E-state index in [4.69, 9.17) is 0 Å². The Labute approximate surface area is 337 Å². The molecule has 21 heavy (non-hydrogen) atoms. The van der Waals surface area contributed by atoms with Crippen molar-refractivity contribution in [2.45, 2.75) is 82.1 Å². The van der Waals surface area contributed by atoms with Gasteiger partial charge in [-0.15, -0.1) is 6.58 Å². The molecule has 0 aromatic heterocycles. The fraction of sp³-hybridized carbons (Fsp3) is 0.706. The third kappa shape index (κ3) is 347. The molecule has 0 saturated heterocycles. The van der Waals surface area contributed by atoms with E-state index in [1.807, 2.05) is 55.4 Å². The molecule has 0 bridgehead atoms. The Morgan fingerprint density at radius 2 is 0.714 bits per heavy atom. The fourth-order valence-electron chi connectivity index (χ4n) is 0. The SMILES string of the molecule is C.C=CC.CC.CC.[CH2-]CC.[CH2-]CC.[CH2-]CC.[Rb+].[Rb+].[Rb+].[Rb]. The Hall–Kier alpha value is 6.96. The predicted octanol–water partition coefficient (Wildman–Crippen LogP) is -1.80. The van der Waals surface area contributed by atoms with Crippen LogP contribution in [0.25, 0.3) is 0 Å². The maximum absolute atomic E-state index is 3.49. The van der Waals surface area contributed by atoms with Gasteiger partial charge in [-0.3, -0.25) is 0 Å². The van der Waals surface area contributed by atoms with Gasteiger partial charge in [-0.05, 0) is 6.92 Å². The van der Waals surface area contributed by atoms with Gasteiger partial charge in [0.05, 0.1) is 0 Å². The van der Waals surface area contributed by atoms with Gasteiger partial charge in [0, 0.05) is 58.2 Å². The summed E-state index contributed by atoms with van der Waals surface area (Å²) in [4.78, 5) is 0. The Morgan fingerprint density at radius 3 is 0.714 bits per heavy atom.